The first-order chi connectivity index (χ1) is 14.8. The number of aromatic nitrogens is 2. The molecule has 162 valence electrons. The van der Waals surface area contributed by atoms with Gasteiger partial charge in [0.1, 0.15) is 11.5 Å². The molecule has 0 saturated carbocycles. The summed E-state index contributed by atoms with van der Waals surface area (Å²) in [6, 6.07) is 9.81. The van der Waals surface area contributed by atoms with E-state index in [2.05, 4.69) is 10.1 Å². The summed E-state index contributed by atoms with van der Waals surface area (Å²) >= 11 is 0. The van der Waals surface area contributed by atoms with Gasteiger partial charge in [0.25, 0.3) is 0 Å². The molecule has 0 radical (unpaired) electrons. The molecule has 31 heavy (non-hydrogen) atoms. The van der Waals surface area contributed by atoms with E-state index >= 15 is 0 Å². The van der Waals surface area contributed by atoms with Gasteiger partial charge in [-0.2, -0.15) is 18.2 Å². The average Bonchev–Trinajstić information content (AvgIpc) is 3.40. The molecule has 1 saturated heterocycles. The molecule has 0 spiro atoms. The largest absolute Gasteiger partial charge is 0.497 e. The first-order valence-electron chi connectivity index (χ1n) is 9.33. The number of hydrogen-bond acceptors (Lipinski definition) is 6. The molecule has 1 amide bonds. The second kappa shape index (κ2) is 7.93. The predicted octanol–water partition coefficient (Wildman–Crippen LogP) is 4.29. The van der Waals surface area contributed by atoms with E-state index in [1.54, 1.807) is 23.1 Å². The van der Waals surface area contributed by atoms with Crippen LogP contribution in [0.15, 0.2) is 47.0 Å². The summed E-state index contributed by atoms with van der Waals surface area (Å²) in [5.41, 5.74) is -0.0182. The van der Waals surface area contributed by atoms with E-state index in [4.69, 9.17) is 14.0 Å². The smallest absolute Gasteiger partial charge is 0.416 e. The van der Waals surface area contributed by atoms with Crippen LogP contribution in [0.5, 0.6) is 11.5 Å². The summed E-state index contributed by atoms with van der Waals surface area (Å²) in [4.78, 5) is 18.4. The van der Waals surface area contributed by atoms with Gasteiger partial charge < -0.3 is 18.9 Å². The number of carbonyl (C=O) groups excluding carboxylic acids is 1. The van der Waals surface area contributed by atoms with E-state index in [0.29, 0.717) is 17.2 Å². The van der Waals surface area contributed by atoms with Crippen LogP contribution < -0.4 is 14.4 Å². The molecule has 0 N–H and O–H groups in total. The van der Waals surface area contributed by atoms with Crippen molar-refractivity contribution < 1.29 is 32.0 Å². The molecule has 1 unspecified atom stereocenters. The Morgan fingerprint density at radius 1 is 1.10 bits per heavy atom. The second-order valence-corrected chi connectivity index (χ2v) is 7.01. The summed E-state index contributed by atoms with van der Waals surface area (Å²) in [5.74, 6) is 0.759. The van der Waals surface area contributed by atoms with E-state index in [-0.39, 0.29) is 36.2 Å². The van der Waals surface area contributed by atoms with Gasteiger partial charge in [0.05, 0.1) is 31.4 Å². The van der Waals surface area contributed by atoms with E-state index in [0.717, 1.165) is 12.1 Å². The number of anilines is 1. The highest BCUT2D eigenvalue weighted by atomic mass is 19.4. The highest BCUT2D eigenvalue weighted by Crippen LogP contribution is 2.36. The molecular formula is C21H18F3N3O4. The number of alkyl halides is 3. The predicted molar refractivity (Wildman–Crippen MR) is 104 cm³/mol. The Hall–Kier alpha value is -3.56. The monoisotopic (exact) mass is 433 g/mol. The van der Waals surface area contributed by atoms with Gasteiger partial charge in [-0.1, -0.05) is 17.3 Å². The summed E-state index contributed by atoms with van der Waals surface area (Å²) in [5, 5.41) is 3.81. The quantitative estimate of drug-likeness (QED) is 0.597. The lowest BCUT2D eigenvalue weighted by Gasteiger charge is -2.18. The van der Waals surface area contributed by atoms with Crippen LogP contribution in [0.4, 0.5) is 18.9 Å². The van der Waals surface area contributed by atoms with Crippen LogP contribution in [-0.2, 0) is 11.0 Å². The summed E-state index contributed by atoms with van der Waals surface area (Å²) < 4.78 is 54.7. The van der Waals surface area contributed by atoms with Gasteiger partial charge in [-0.3, -0.25) is 4.79 Å². The third kappa shape index (κ3) is 4.18. The molecule has 1 aliphatic heterocycles. The van der Waals surface area contributed by atoms with Gasteiger partial charge in [-0.15, -0.1) is 0 Å². The van der Waals surface area contributed by atoms with Crippen molar-refractivity contribution in [1.82, 2.24) is 10.1 Å². The van der Waals surface area contributed by atoms with Crippen LogP contribution in [0.25, 0.3) is 11.4 Å². The number of ether oxygens (including phenoxy) is 2. The molecule has 4 rings (SSSR count). The summed E-state index contributed by atoms with van der Waals surface area (Å²) in [6.45, 7) is 0.277. The van der Waals surface area contributed by atoms with Crippen LogP contribution in [-0.4, -0.2) is 36.8 Å². The molecular weight excluding hydrogens is 415 g/mol. The van der Waals surface area contributed by atoms with Gasteiger partial charge in [-0.05, 0) is 12.1 Å². The van der Waals surface area contributed by atoms with E-state index in [9.17, 15) is 18.0 Å². The third-order valence-corrected chi connectivity index (χ3v) is 5.01. The Kier molecular flexibility index (Phi) is 5.30. The molecule has 0 bridgehead atoms. The highest BCUT2D eigenvalue weighted by Gasteiger charge is 2.36. The van der Waals surface area contributed by atoms with Gasteiger partial charge in [-0.25, -0.2) is 0 Å². The van der Waals surface area contributed by atoms with Crippen molar-refractivity contribution in [2.24, 2.45) is 0 Å². The van der Waals surface area contributed by atoms with Crippen molar-refractivity contribution in [3.8, 4) is 22.9 Å². The number of amides is 1. The van der Waals surface area contributed by atoms with Crippen molar-refractivity contribution in [2.75, 3.05) is 25.7 Å². The number of halogens is 3. The second-order valence-electron chi connectivity index (χ2n) is 7.01. The Bertz CT molecular complexity index is 1090. The Balaban J connectivity index is 1.57. The van der Waals surface area contributed by atoms with Crippen LogP contribution in [0.1, 0.15) is 23.8 Å². The summed E-state index contributed by atoms with van der Waals surface area (Å²) in [6.07, 6.45) is -4.34. The SMILES string of the molecule is COc1cc(OC)cc(N2CC(c3nc(-c4cccc(C(F)(F)F)c4)no3)CC2=O)c1. The van der Waals surface area contributed by atoms with Gasteiger partial charge in [0.2, 0.25) is 17.6 Å². The number of carbonyl (C=O) groups is 1. The molecule has 2 aromatic carbocycles. The average molecular weight is 433 g/mol. The standard InChI is InChI=1S/C21H18F3N3O4/c1-29-16-8-15(9-17(10-16)30-2)27-11-13(7-18(27)28)20-25-19(26-31-20)12-4-3-5-14(6-12)21(22,23)24/h3-6,8-10,13H,7,11H2,1-2H3. The molecule has 3 aromatic rings. The number of methoxy groups -OCH3 is 2. The zero-order chi connectivity index (χ0) is 22.2. The maximum atomic E-state index is 13.0. The molecule has 1 aromatic heterocycles. The number of benzene rings is 2. The maximum Gasteiger partial charge on any atom is 0.416 e. The first-order valence-corrected chi connectivity index (χ1v) is 9.33. The normalized spacial score (nSPS) is 16.6. The lowest BCUT2D eigenvalue weighted by Crippen LogP contribution is -2.24. The van der Waals surface area contributed by atoms with E-state index < -0.39 is 17.7 Å². The van der Waals surface area contributed by atoms with Gasteiger partial charge in [0.15, 0.2) is 0 Å². The molecule has 1 aliphatic rings. The number of nitrogens with zero attached hydrogens (tertiary/aromatic N) is 3. The van der Waals surface area contributed by atoms with E-state index in [1.807, 2.05) is 0 Å². The van der Waals surface area contributed by atoms with Crippen molar-refractivity contribution >= 4 is 11.6 Å². The van der Waals surface area contributed by atoms with E-state index in [1.165, 1.54) is 26.4 Å². The van der Waals surface area contributed by atoms with Crippen molar-refractivity contribution in [1.29, 1.82) is 0 Å². The molecule has 2 heterocycles. The fourth-order valence-electron chi connectivity index (χ4n) is 3.42. The summed E-state index contributed by atoms with van der Waals surface area (Å²) in [7, 11) is 3.03. The fourth-order valence-corrected chi connectivity index (χ4v) is 3.42. The minimum absolute atomic E-state index is 0.0371. The van der Waals surface area contributed by atoms with Crippen LogP contribution in [0, 0.1) is 0 Å². The lowest BCUT2D eigenvalue weighted by molar-refractivity contribution is -0.137. The zero-order valence-corrected chi connectivity index (χ0v) is 16.6. The van der Waals surface area contributed by atoms with Gasteiger partial charge >= 0.3 is 6.18 Å². The highest BCUT2D eigenvalue weighted by molar-refractivity contribution is 5.96. The Morgan fingerprint density at radius 3 is 2.45 bits per heavy atom. The molecule has 7 nitrogen and oxygen atoms in total. The number of rotatable bonds is 5. The van der Waals surface area contributed by atoms with Gasteiger partial charge in [0, 0.05) is 36.7 Å². The zero-order valence-electron chi connectivity index (χ0n) is 16.6. The first kappa shape index (κ1) is 20.7. The van der Waals surface area contributed by atoms with Crippen molar-refractivity contribution in [3.63, 3.8) is 0 Å². The van der Waals surface area contributed by atoms with Crippen molar-refractivity contribution in [3.05, 3.63) is 53.9 Å². The fraction of sp³-hybridized carbons (Fsp3) is 0.286. The van der Waals surface area contributed by atoms with Crippen molar-refractivity contribution in [2.45, 2.75) is 18.5 Å². The Labute approximate surface area is 175 Å². The third-order valence-electron chi connectivity index (χ3n) is 5.01. The topological polar surface area (TPSA) is 77.7 Å². The minimum atomic E-state index is -4.47. The van der Waals surface area contributed by atoms with Crippen LogP contribution in [0.2, 0.25) is 0 Å². The Morgan fingerprint density at radius 2 is 1.81 bits per heavy atom. The van der Waals surface area contributed by atoms with Crippen LogP contribution in [0.3, 0.4) is 0 Å². The molecule has 0 aliphatic carbocycles. The lowest BCUT2D eigenvalue weighted by atomic mass is 10.1. The maximum absolute atomic E-state index is 13.0. The molecule has 1 fully saturated rings. The molecule has 10 heteroatoms. The minimum Gasteiger partial charge on any atom is -0.497 e. The number of hydrogen-bond donors (Lipinski definition) is 0. The molecule has 1 atom stereocenters. The van der Waals surface area contributed by atoms with Crippen LogP contribution >= 0.6 is 0 Å².